The Labute approximate surface area is 132 Å². The minimum Gasteiger partial charge on any atom is -0.496 e. The summed E-state index contributed by atoms with van der Waals surface area (Å²) in [5.41, 5.74) is 2.58. The largest absolute Gasteiger partial charge is 0.496 e. The first-order valence-corrected chi connectivity index (χ1v) is 7.38. The third kappa shape index (κ3) is 3.61. The van der Waals surface area contributed by atoms with Gasteiger partial charge in [0.2, 0.25) is 0 Å². The van der Waals surface area contributed by atoms with Crippen LogP contribution in [-0.4, -0.2) is 18.0 Å². The van der Waals surface area contributed by atoms with Gasteiger partial charge in [-0.25, -0.2) is 4.98 Å². The molecular weight excluding hydrogens is 332 g/mol. The average Bonchev–Trinajstić information content (AvgIpc) is 2.47. The maximum Gasteiger partial charge on any atom is 0.254 e. The van der Waals surface area contributed by atoms with E-state index in [-0.39, 0.29) is 11.9 Å². The van der Waals surface area contributed by atoms with Gasteiger partial charge >= 0.3 is 0 Å². The van der Waals surface area contributed by atoms with Crippen LogP contribution in [0, 0.1) is 6.92 Å². The number of rotatable bonds is 4. The summed E-state index contributed by atoms with van der Waals surface area (Å²) in [5, 5.41) is 2.97. The van der Waals surface area contributed by atoms with Crippen LogP contribution in [0.5, 0.6) is 5.75 Å². The lowest BCUT2D eigenvalue weighted by Gasteiger charge is -2.18. The Morgan fingerprint density at radius 2 is 2.14 bits per heavy atom. The Kier molecular flexibility index (Phi) is 4.96. The fraction of sp³-hybridized carbons (Fsp3) is 0.250. The van der Waals surface area contributed by atoms with Crippen LogP contribution in [0.4, 0.5) is 0 Å². The van der Waals surface area contributed by atoms with Crippen LogP contribution in [0.2, 0.25) is 0 Å². The second kappa shape index (κ2) is 6.72. The molecule has 1 amide bonds. The summed E-state index contributed by atoms with van der Waals surface area (Å²) in [6.07, 6.45) is 1.63. The molecule has 1 atom stereocenters. The van der Waals surface area contributed by atoms with Gasteiger partial charge < -0.3 is 10.1 Å². The first-order valence-electron chi connectivity index (χ1n) is 6.59. The predicted molar refractivity (Wildman–Crippen MR) is 85.5 cm³/mol. The number of carbonyl (C=O) groups is 1. The Balaban J connectivity index is 2.22. The van der Waals surface area contributed by atoms with E-state index in [2.05, 4.69) is 26.2 Å². The molecular formula is C16H17BrN2O2. The molecule has 0 spiro atoms. The zero-order chi connectivity index (χ0) is 15.4. The van der Waals surface area contributed by atoms with Crippen molar-refractivity contribution in [2.24, 2.45) is 0 Å². The van der Waals surface area contributed by atoms with Crippen LogP contribution < -0.4 is 10.1 Å². The molecule has 0 saturated heterocycles. The van der Waals surface area contributed by atoms with E-state index >= 15 is 0 Å². The van der Waals surface area contributed by atoms with Crippen LogP contribution in [-0.2, 0) is 0 Å². The highest BCUT2D eigenvalue weighted by molar-refractivity contribution is 9.10. The predicted octanol–water partition coefficient (Wildman–Crippen LogP) is 3.65. The molecule has 21 heavy (non-hydrogen) atoms. The van der Waals surface area contributed by atoms with Crippen molar-refractivity contribution in [1.82, 2.24) is 10.3 Å². The highest BCUT2D eigenvalue weighted by Gasteiger charge is 2.17. The zero-order valence-electron chi connectivity index (χ0n) is 12.2. The van der Waals surface area contributed by atoms with Gasteiger partial charge in [0, 0.05) is 11.8 Å². The summed E-state index contributed by atoms with van der Waals surface area (Å²) in [6, 6.07) is 9.20. The molecule has 0 fully saturated rings. The minimum atomic E-state index is -0.175. The summed E-state index contributed by atoms with van der Waals surface area (Å²) in [5.74, 6) is 0.588. The molecule has 0 aliphatic carbocycles. The normalized spacial score (nSPS) is 11.8. The van der Waals surface area contributed by atoms with E-state index in [4.69, 9.17) is 4.74 Å². The average molecular weight is 349 g/mol. The summed E-state index contributed by atoms with van der Waals surface area (Å²) in [7, 11) is 1.63. The number of methoxy groups -OCH3 is 1. The first-order chi connectivity index (χ1) is 10.0. The van der Waals surface area contributed by atoms with E-state index in [0.717, 1.165) is 16.9 Å². The minimum absolute atomic E-state index is 0.167. The molecule has 2 rings (SSSR count). The molecule has 4 nitrogen and oxygen atoms in total. The fourth-order valence-electron chi connectivity index (χ4n) is 2.10. The van der Waals surface area contributed by atoms with Gasteiger partial charge in [0.15, 0.2) is 0 Å². The van der Waals surface area contributed by atoms with Gasteiger partial charge in [-0.3, -0.25) is 4.79 Å². The van der Waals surface area contributed by atoms with Crippen molar-refractivity contribution in [2.75, 3.05) is 7.11 Å². The second-order valence-electron chi connectivity index (χ2n) is 4.78. The highest BCUT2D eigenvalue weighted by atomic mass is 79.9. The second-order valence-corrected chi connectivity index (χ2v) is 5.53. The van der Waals surface area contributed by atoms with Crippen molar-refractivity contribution >= 4 is 21.8 Å². The molecule has 0 bridgehead atoms. The molecule has 1 N–H and O–H groups in total. The maximum atomic E-state index is 12.3. The van der Waals surface area contributed by atoms with Crippen molar-refractivity contribution in [3.63, 3.8) is 0 Å². The fourth-order valence-corrected chi connectivity index (χ4v) is 2.53. The van der Waals surface area contributed by atoms with Crippen LogP contribution in [0.3, 0.4) is 0 Å². The van der Waals surface area contributed by atoms with Crippen LogP contribution >= 0.6 is 15.9 Å². The summed E-state index contributed by atoms with van der Waals surface area (Å²) in [4.78, 5) is 16.4. The molecule has 1 heterocycles. The van der Waals surface area contributed by atoms with E-state index in [0.29, 0.717) is 10.2 Å². The number of hydrogen-bond acceptors (Lipinski definition) is 3. The molecule has 1 aromatic carbocycles. The van der Waals surface area contributed by atoms with Gasteiger partial charge in [-0.05, 0) is 48.0 Å². The van der Waals surface area contributed by atoms with E-state index in [1.807, 2.05) is 32.0 Å². The number of halogens is 1. The number of benzene rings is 1. The quantitative estimate of drug-likeness (QED) is 0.858. The monoisotopic (exact) mass is 348 g/mol. The Hall–Kier alpha value is -1.88. The molecule has 0 aliphatic rings. The van der Waals surface area contributed by atoms with Crippen molar-refractivity contribution < 1.29 is 9.53 Å². The number of hydrogen-bond donors (Lipinski definition) is 1. The lowest BCUT2D eigenvalue weighted by molar-refractivity contribution is 0.0938. The van der Waals surface area contributed by atoms with Crippen LogP contribution in [0.1, 0.15) is 34.5 Å². The molecule has 110 valence electrons. The third-order valence-corrected chi connectivity index (χ3v) is 3.83. The van der Waals surface area contributed by atoms with Gasteiger partial charge in [-0.15, -0.1) is 0 Å². The van der Waals surface area contributed by atoms with Gasteiger partial charge in [-0.2, -0.15) is 0 Å². The van der Waals surface area contributed by atoms with Crippen LogP contribution in [0.15, 0.2) is 41.1 Å². The number of carbonyl (C=O) groups excluding carboxylic acids is 1. The molecule has 2 aromatic rings. The number of nitrogens with one attached hydrogen (secondary N) is 1. The van der Waals surface area contributed by atoms with Gasteiger partial charge in [-0.1, -0.05) is 17.7 Å². The first kappa shape index (κ1) is 15.5. The smallest absolute Gasteiger partial charge is 0.254 e. The lowest BCUT2D eigenvalue weighted by Crippen LogP contribution is -2.27. The maximum absolute atomic E-state index is 12.3. The van der Waals surface area contributed by atoms with Crippen molar-refractivity contribution in [3.8, 4) is 5.75 Å². The third-order valence-electron chi connectivity index (χ3n) is 3.20. The molecule has 0 radical (unpaired) electrons. The molecule has 1 unspecified atom stereocenters. The Morgan fingerprint density at radius 3 is 2.81 bits per heavy atom. The molecule has 0 aliphatic heterocycles. The summed E-state index contributed by atoms with van der Waals surface area (Å²) < 4.78 is 5.89. The van der Waals surface area contributed by atoms with Gasteiger partial charge in [0.25, 0.3) is 5.91 Å². The van der Waals surface area contributed by atoms with Gasteiger partial charge in [0.05, 0.1) is 18.7 Å². The summed E-state index contributed by atoms with van der Waals surface area (Å²) in [6.45, 7) is 3.94. The van der Waals surface area contributed by atoms with E-state index in [1.165, 1.54) is 0 Å². The Bertz CT molecular complexity index is 658. The van der Waals surface area contributed by atoms with Crippen molar-refractivity contribution in [3.05, 3.63) is 57.8 Å². The van der Waals surface area contributed by atoms with Crippen LogP contribution in [0.25, 0.3) is 0 Å². The van der Waals surface area contributed by atoms with E-state index < -0.39 is 0 Å². The molecule has 0 saturated carbocycles. The molecule has 5 heteroatoms. The number of nitrogens with zero attached hydrogens (tertiary/aromatic N) is 1. The van der Waals surface area contributed by atoms with Crippen molar-refractivity contribution in [2.45, 2.75) is 19.9 Å². The number of aryl methyl sites for hydroxylation is 1. The van der Waals surface area contributed by atoms with Crippen molar-refractivity contribution in [1.29, 1.82) is 0 Å². The lowest BCUT2D eigenvalue weighted by atomic mass is 10.0. The zero-order valence-corrected chi connectivity index (χ0v) is 13.8. The number of amides is 1. The standard InChI is InChI=1S/C16H17BrN2O2/c1-10-6-7-14(21-3)13(9-10)11(2)19-16(20)12-5-4-8-18-15(12)17/h4-9,11H,1-3H3,(H,19,20). The number of pyridine rings is 1. The highest BCUT2D eigenvalue weighted by Crippen LogP contribution is 2.26. The van der Waals surface area contributed by atoms with E-state index in [9.17, 15) is 4.79 Å². The number of ether oxygens (including phenoxy) is 1. The number of aromatic nitrogens is 1. The van der Waals surface area contributed by atoms with Gasteiger partial charge in [0.1, 0.15) is 10.4 Å². The topological polar surface area (TPSA) is 51.2 Å². The van der Waals surface area contributed by atoms with E-state index in [1.54, 1.807) is 25.4 Å². The Morgan fingerprint density at radius 1 is 1.38 bits per heavy atom. The molecule has 1 aromatic heterocycles. The SMILES string of the molecule is COc1ccc(C)cc1C(C)NC(=O)c1cccnc1Br. The summed E-state index contributed by atoms with van der Waals surface area (Å²) >= 11 is 3.29.